The summed E-state index contributed by atoms with van der Waals surface area (Å²) in [6, 6.07) is 8.67. The van der Waals surface area contributed by atoms with Crippen molar-refractivity contribution in [2.75, 3.05) is 6.54 Å². The molecule has 0 unspecified atom stereocenters. The lowest BCUT2D eigenvalue weighted by atomic mass is 10.1. The van der Waals surface area contributed by atoms with E-state index in [9.17, 15) is 4.79 Å². The molecule has 5 nitrogen and oxygen atoms in total. The number of aromatic nitrogens is 1. The van der Waals surface area contributed by atoms with Gasteiger partial charge in [0.1, 0.15) is 5.60 Å². The molecule has 2 N–H and O–H groups in total. The number of carbonyl (C=O) groups excluding carboxylic acids is 1. The Kier molecular flexibility index (Phi) is 5.04. The average molecular weight is 343 g/mol. The predicted molar refractivity (Wildman–Crippen MR) is 100 cm³/mol. The van der Waals surface area contributed by atoms with Crippen molar-refractivity contribution in [2.45, 2.75) is 64.8 Å². The summed E-state index contributed by atoms with van der Waals surface area (Å²) in [6.07, 6.45) is 5.01. The minimum atomic E-state index is -0.473. The topological polar surface area (TPSA) is 60.5 Å². The van der Waals surface area contributed by atoms with Crippen LogP contribution >= 0.6 is 0 Å². The second-order valence-corrected chi connectivity index (χ2v) is 7.85. The van der Waals surface area contributed by atoms with E-state index >= 15 is 0 Å². The summed E-state index contributed by atoms with van der Waals surface area (Å²) in [7, 11) is 0. The van der Waals surface area contributed by atoms with Gasteiger partial charge < -0.3 is 19.9 Å². The largest absolute Gasteiger partial charge is 0.444 e. The summed E-state index contributed by atoms with van der Waals surface area (Å²) in [4.78, 5) is 14.5. The van der Waals surface area contributed by atoms with Crippen LogP contribution < -0.4 is 5.73 Å². The predicted octanol–water partition coefficient (Wildman–Crippen LogP) is 3.89. The van der Waals surface area contributed by atoms with E-state index in [1.165, 1.54) is 16.5 Å². The van der Waals surface area contributed by atoms with E-state index in [0.29, 0.717) is 19.1 Å². The summed E-state index contributed by atoms with van der Waals surface area (Å²) in [5, 5.41) is 1.20. The van der Waals surface area contributed by atoms with Crippen LogP contribution in [0.25, 0.3) is 10.9 Å². The van der Waals surface area contributed by atoms with Gasteiger partial charge in [-0.3, -0.25) is 0 Å². The third kappa shape index (κ3) is 4.34. The van der Waals surface area contributed by atoms with Crippen molar-refractivity contribution in [3.8, 4) is 0 Å². The first-order valence-electron chi connectivity index (χ1n) is 9.15. The normalized spacial score (nSPS) is 14.7. The van der Waals surface area contributed by atoms with Crippen molar-refractivity contribution >= 4 is 17.0 Å². The standard InChI is InChI=1S/C20H29N3O2/c1-20(2,3)25-19(24)23(16-9-10-16)14-15-13-22(12-6-11-21)18-8-5-4-7-17(15)18/h4-5,7-8,13,16H,6,9-12,14,21H2,1-3H3. The van der Waals surface area contributed by atoms with E-state index in [1.54, 1.807) is 0 Å². The van der Waals surface area contributed by atoms with Crippen molar-refractivity contribution in [3.63, 3.8) is 0 Å². The van der Waals surface area contributed by atoms with Gasteiger partial charge in [0.2, 0.25) is 0 Å². The lowest BCUT2D eigenvalue weighted by Gasteiger charge is -2.27. The zero-order valence-electron chi connectivity index (χ0n) is 15.5. The second-order valence-electron chi connectivity index (χ2n) is 7.85. The van der Waals surface area contributed by atoms with E-state index in [-0.39, 0.29) is 6.09 Å². The number of hydrogen-bond acceptors (Lipinski definition) is 3. The first kappa shape index (κ1) is 17.8. The zero-order chi connectivity index (χ0) is 18.0. The van der Waals surface area contributed by atoms with Crippen molar-refractivity contribution < 1.29 is 9.53 Å². The molecule has 0 atom stereocenters. The first-order chi connectivity index (χ1) is 11.9. The summed E-state index contributed by atoms with van der Waals surface area (Å²) < 4.78 is 7.87. The molecule has 1 fully saturated rings. The van der Waals surface area contributed by atoms with E-state index in [1.807, 2.05) is 31.7 Å². The number of rotatable bonds is 6. The number of benzene rings is 1. The van der Waals surface area contributed by atoms with Crippen molar-refractivity contribution in [1.29, 1.82) is 0 Å². The number of para-hydroxylation sites is 1. The maximum absolute atomic E-state index is 12.6. The van der Waals surface area contributed by atoms with Gasteiger partial charge in [0.15, 0.2) is 0 Å². The van der Waals surface area contributed by atoms with Gasteiger partial charge in [0, 0.05) is 29.7 Å². The lowest BCUT2D eigenvalue weighted by Crippen LogP contribution is -2.37. The van der Waals surface area contributed by atoms with Crippen LogP contribution in [0.2, 0.25) is 0 Å². The van der Waals surface area contributed by atoms with E-state index in [0.717, 1.165) is 25.8 Å². The molecule has 0 spiro atoms. The van der Waals surface area contributed by atoms with E-state index in [2.05, 4.69) is 29.0 Å². The maximum Gasteiger partial charge on any atom is 0.410 e. The van der Waals surface area contributed by atoms with Crippen LogP contribution in [0.1, 0.15) is 45.6 Å². The van der Waals surface area contributed by atoms with Gasteiger partial charge in [-0.25, -0.2) is 4.79 Å². The van der Waals surface area contributed by atoms with Crippen LogP contribution in [-0.2, 0) is 17.8 Å². The third-order valence-electron chi connectivity index (χ3n) is 4.43. The number of nitrogens with zero attached hydrogens (tertiary/aromatic N) is 2. The highest BCUT2D eigenvalue weighted by Gasteiger charge is 2.35. The summed E-state index contributed by atoms with van der Waals surface area (Å²) in [5.74, 6) is 0. The van der Waals surface area contributed by atoms with Crippen LogP contribution in [0.4, 0.5) is 4.79 Å². The molecule has 0 bridgehead atoms. The Bertz CT molecular complexity index is 741. The molecule has 1 aromatic carbocycles. The van der Waals surface area contributed by atoms with Crippen LogP contribution in [0.3, 0.4) is 0 Å². The molecule has 3 rings (SSSR count). The molecular weight excluding hydrogens is 314 g/mol. The Morgan fingerprint density at radius 2 is 2.04 bits per heavy atom. The minimum Gasteiger partial charge on any atom is -0.444 e. The molecule has 25 heavy (non-hydrogen) atoms. The average Bonchev–Trinajstić information content (AvgIpc) is 3.32. The molecule has 0 radical (unpaired) electrons. The number of amides is 1. The minimum absolute atomic E-state index is 0.214. The Morgan fingerprint density at radius 1 is 1.32 bits per heavy atom. The number of hydrogen-bond donors (Lipinski definition) is 1. The van der Waals surface area contributed by atoms with Crippen molar-refractivity contribution in [1.82, 2.24) is 9.47 Å². The molecule has 2 aromatic rings. The van der Waals surface area contributed by atoms with Gasteiger partial charge in [0.25, 0.3) is 0 Å². The van der Waals surface area contributed by atoms with Crippen molar-refractivity contribution in [3.05, 3.63) is 36.0 Å². The summed E-state index contributed by atoms with van der Waals surface area (Å²) in [6.45, 7) is 7.90. The van der Waals surface area contributed by atoms with Crippen LogP contribution in [0, 0.1) is 0 Å². The Hall–Kier alpha value is -2.01. The molecule has 0 saturated heterocycles. The zero-order valence-corrected chi connectivity index (χ0v) is 15.5. The van der Waals surface area contributed by atoms with Gasteiger partial charge in [-0.05, 0) is 58.2 Å². The molecule has 136 valence electrons. The summed E-state index contributed by atoms with van der Waals surface area (Å²) >= 11 is 0. The molecular formula is C20H29N3O2. The molecule has 1 aliphatic rings. The van der Waals surface area contributed by atoms with Gasteiger partial charge in [-0.2, -0.15) is 0 Å². The molecule has 1 aliphatic carbocycles. The van der Waals surface area contributed by atoms with Crippen LogP contribution in [0.5, 0.6) is 0 Å². The van der Waals surface area contributed by atoms with Gasteiger partial charge in [-0.15, -0.1) is 0 Å². The molecule has 1 amide bonds. The molecule has 1 aromatic heterocycles. The Labute approximate surface area is 149 Å². The fraction of sp³-hybridized carbons (Fsp3) is 0.550. The smallest absolute Gasteiger partial charge is 0.410 e. The van der Waals surface area contributed by atoms with Crippen molar-refractivity contribution in [2.24, 2.45) is 5.73 Å². The monoisotopic (exact) mass is 343 g/mol. The van der Waals surface area contributed by atoms with Gasteiger partial charge in [-0.1, -0.05) is 18.2 Å². The van der Waals surface area contributed by atoms with Gasteiger partial charge in [0.05, 0.1) is 6.54 Å². The molecule has 0 aliphatic heterocycles. The number of aryl methyl sites for hydroxylation is 1. The quantitative estimate of drug-likeness (QED) is 0.865. The Morgan fingerprint density at radius 3 is 2.68 bits per heavy atom. The highest BCUT2D eigenvalue weighted by molar-refractivity contribution is 5.84. The van der Waals surface area contributed by atoms with E-state index in [4.69, 9.17) is 10.5 Å². The maximum atomic E-state index is 12.6. The number of nitrogens with two attached hydrogens (primary N) is 1. The molecule has 1 heterocycles. The van der Waals surface area contributed by atoms with Crippen LogP contribution in [0.15, 0.2) is 30.5 Å². The number of ether oxygens (including phenoxy) is 1. The number of fused-ring (bicyclic) bond motifs is 1. The molecule has 5 heteroatoms. The highest BCUT2D eigenvalue weighted by Crippen LogP contribution is 2.32. The molecule has 1 saturated carbocycles. The Balaban J connectivity index is 1.86. The first-order valence-corrected chi connectivity index (χ1v) is 9.15. The van der Waals surface area contributed by atoms with E-state index < -0.39 is 5.60 Å². The lowest BCUT2D eigenvalue weighted by molar-refractivity contribution is 0.0217. The fourth-order valence-electron chi connectivity index (χ4n) is 3.13. The fourth-order valence-corrected chi connectivity index (χ4v) is 3.13. The third-order valence-corrected chi connectivity index (χ3v) is 4.43. The second kappa shape index (κ2) is 7.08. The van der Waals surface area contributed by atoms with Crippen LogP contribution in [-0.4, -0.2) is 33.7 Å². The number of carbonyl (C=O) groups is 1. The summed E-state index contributed by atoms with van der Waals surface area (Å²) in [5.41, 5.74) is 7.57. The van der Waals surface area contributed by atoms with Gasteiger partial charge >= 0.3 is 6.09 Å². The SMILES string of the molecule is CC(C)(C)OC(=O)N(Cc1cn(CCCN)c2ccccc12)C1CC1. The highest BCUT2D eigenvalue weighted by atomic mass is 16.6.